The van der Waals surface area contributed by atoms with Crippen LogP contribution in [0, 0.1) is 0 Å². The lowest BCUT2D eigenvalue weighted by molar-refractivity contribution is 0.256. The van der Waals surface area contributed by atoms with Crippen LogP contribution in [-0.4, -0.2) is 15.4 Å². The molecule has 1 aromatic heterocycles. The number of hydrogen-bond acceptors (Lipinski definition) is 5. The number of nitrogens with two attached hydrogens (primary N) is 1. The number of rotatable bonds is 5. The Morgan fingerprint density at radius 2 is 2.00 bits per heavy atom. The van der Waals surface area contributed by atoms with Crippen LogP contribution < -0.4 is 5.73 Å². The van der Waals surface area contributed by atoms with Gasteiger partial charge < -0.3 is 10.3 Å². The first-order valence-electron chi connectivity index (χ1n) is 7.37. The molecular formula is C14H25N3OS. The van der Waals surface area contributed by atoms with Crippen LogP contribution in [0.2, 0.25) is 0 Å². The van der Waals surface area contributed by atoms with Gasteiger partial charge in [0.15, 0.2) is 5.82 Å². The predicted molar refractivity (Wildman–Crippen MR) is 78.9 cm³/mol. The van der Waals surface area contributed by atoms with Crippen molar-refractivity contribution < 1.29 is 4.52 Å². The minimum atomic E-state index is -0.386. The third-order valence-electron chi connectivity index (χ3n) is 3.96. The lowest BCUT2D eigenvalue weighted by atomic mass is 9.91. The second kappa shape index (κ2) is 6.75. The standard InChI is InChI=1S/C14H25N3OS/c1-3-11(2)19-10-12-16-13(18-17-12)14(15)8-6-4-5-7-9-14/h11H,3-10,15H2,1-2H3. The Morgan fingerprint density at radius 3 is 2.63 bits per heavy atom. The lowest BCUT2D eigenvalue weighted by Gasteiger charge is -2.22. The summed E-state index contributed by atoms with van der Waals surface area (Å²) >= 11 is 1.87. The van der Waals surface area contributed by atoms with Crippen LogP contribution in [0.5, 0.6) is 0 Å². The first kappa shape index (κ1) is 14.9. The number of aromatic nitrogens is 2. The average molecular weight is 283 g/mol. The molecule has 0 aliphatic heterocycles. The molecule has 0 amide bonds. The van der Waals surface area contributed by atoms with E-state index in [4.69, 9.17) is 10.3 Å². The van der Waals surface area contributed by atoms with Crippen molar-refractivity contribution >= 4 is 11.8 Å². The highest BCUT2D eigenvalue weighted by molar-refractivity contribution is 7.99. The Hall–Kier alpha value is -0.550. The van der Waals surface area contributed by atoms with Crippen molar-refractivity contribution in [1.82, 2.24) is 10.1 Å². The van der Waals surface area contributed by atoms with Crippen molar-refractivity contribution in [3.8, 4) is 0 Å². The van der Waals surface area contributed by atoms with Crippen LogP contribution in [0.3, 0.4) is 0 Å². The zero-order chi connectivity index (χ0) is 13.7. The molecule has 108 valence electrons. The summed E-state index contributed by atoms with van der Waals surface area (Å²) in [5.74, 6) is 2.25. The number of thioether (sulfide) groups is 1. The molecule has 1 aliphatic rings. The molecule has 1 aromatic rings. The molecule has 0 bridgehead atoms. The summed E-state index contributed by atoms with van der Waals surface area (Å²) in [6.45, 7) is 4.42. The Bertz CT molecular complexity index is 386. The molecule has 0 radical (unpaired) electrons. The maximum absolute atomic E-state index is 6.47. The molecule has 19 heavy (non-hydrogen) atoms. The largest absolute Gasteiger partial charge is 0.337 e. The van der Waals surface area contributed by atoms with Gasteiger partial charge in [-0.25, -0.2) is 0 Å². The molecule has 0 spiro atoms. The second-order valence-corrected chi connectivity index (χ2v) is 7.04. The highest BCUT2D eigenvalue weighted by Crippen LogP contribution is 2.33. The van der Waals surface area contributed by atoms with E-state index < -0.39 is 0 Å². The third kappa shape index (κ3) is 3.96. The van der Waals surface area contributed by atoms with Crippen molar-refractivity contribution in [2.45, 2.75) is 75.3 Å². The van der Waals surface area contributed by atoms with Gasteiger partial charge in [0, 0.05) is 5.25 Å². The minimum Gasteiger partial charge on any atom is -0.337 e. The molecule has 2 N–H and O–H groups in total. The van der Waals surface area contributed by atoms with Crippen LogP contribution in [0.25, 0.3) is 0 Å². The van der Waals surface area contributed by atoms with E-state index in [1.165, 1.54) is 12.8 Å². The van der Waals surface area contributed by atoms with Gasteiger partial charge in [0.2, 0.25) is 5.89 Å². The SMILES string of the molecule is CCC(C)SCc1noc(C2(N)CCCCCC2)n1. The van der Waals surface area contributed by atoms with Gasteiger partial charge in [-0.2, -0.15) is 16.7 Å². The molecule has 1 saturated carbocycles. The van der Waals surface area contributed by atoms with Crippen molar-refractivity contribution in [2.75, 3.05) is 0 Å². The van der Waals surface area contributed by atoms with Crippen molar-refractivity contribution in [3.63, 3.8) is 0 Å². The molecule has 2 rings (SSSR count). The monoisotopic (exact) mass is 283 g/mol. The van der Waals surface area contributed by atoms with E-state index in [9.17, 15) is 0 Å². The Morgan fingerprint density at radius 1 is 1.32 bits per heavy atom. The van der Waals surface area contributed by atoms with E-state index in [1.54, 1.807) is 0 Å². The highest BCUT2D eigenvalue weighted by atomic mass is 32.2. The van der Waals surface area contributed by atoms with Crippen LogP contribution in [0.1, 0.15) is 70.5 Å². The lowest BCUT2D eigenvalue weighted by Crippen LogP contribution is -2.36. The fourth-order valence-corrected chi connectivity index (χ4v) is 3.21. The van der Waals surface area contributed by atoms with Gasteiger partial charge >= 0.3 is 0 Å². The third-order valence-corrected chi connectivity index (χ3v) is 5.29. The Labute approximate surface area is 119 Å². The molecule has 0 aromatic carbocycles. The molecule has 4 nitrogen and oxygen atoms in total. The maximum Gasteiger partial charge on any atom is 0.246 e. The maximum atomic E-state index is 6.47. The van der Waals surface area contributed by atoms with E-state index in [1.807, 2.05) is 11.8 Å². The first-order chi connectivity index (χ1) is 9.14. The molecular weight excluding hydrogens is 258 g/mol. The van der Waals surface area contributed by atoms with Gasteiger partial charge in [0.1, 0.15) is 0 Å². The average Bonchev–Trinajstić information content (AvgIpc) is 2.79. The van der Waals surface area contributed by atoms with Crippen molar-refractivity contribution in [3.05, 3.63) is 11.7 Å². The van der Waals surface area contributed by atoms with Crippen molar-refractivity contribution in [2.24, 2.45) is 5.73 Å². The van der Waals surface area contributed by atoms with E-state index in [0.29, 0.717) is 11.1 Å². The summed E-state index contributed by atoms with van der Waals surface area (Å²) in [5.41, 5.74) is 6.09. The van der Waals surface area contributed by atoms with Gasteiger partial charge in [-0.1, -0.05) is 44.7 Å². The highest BCUT2D eigenvalue weighted by Gasteiger charge is 2.34. The zero-order valence-electron chi connectivity index (χ0n) is 12.0. The number of hydrogen-bond donors (Lipinski definition) is 1. The van der Waals surface area contributed by atoms with E-state index in [0.717, 1.165) is 43.7 Å². The van der Waals surface area contributed by atoms with E-state index in [2.05, 4.69) is 24.0 Å². The summed E-state index contributed by atoms with van der Waals surface area (Å²) in [6.07, 6.45) is 7.95. The number of nitrogens with zero attached hydrogens (tertiary/aromatic N) is 2. The summed E-state index contributed by atoms with van der Waals surface area (Å²) < 4.78 is 5.43. The van der Waals surface area contributed by atoms with Crippen LogP contribution in [0.15, 0.2) is 4.52 Å². The van der Waals surface area contributed by atoms with E-state index >= 15 is 0 Å². The summed E-state index contributed by atoms with van der Waals surface area (Å²) in [4.78, 5) is 4.53. The molecule has 1 fully saturated rings. The second-order valence-electron chi connectivity index (χ2n) is 5.62. The quantitative estimate of drug-likeness (QED) is 0.836. The summed E-state index contributed by atoms with van der Waals surface area (Å²) in [6, 6.07) is 0. The van der Waals surface area contributed by atoms with Gasteiger partial charge in [-0.3, -0.25) is 0 Å². The van der Waals surface area contributed by atoms with Crippen LogP contribution in [0.4, 0.5) is 0 Å². The topological polar surface area (TPSA) is 64.9 Å². The normalized spacial score (nSPS) is 21.0. The fraction of sp³-hybridized carbons (Fsp3) is 0.857. The smallest absolute Gasteiger partial charge is 0.246 e. The molecule has 1 atom stereocenters. The zero-order valence-corrected chi connectivity index (χ0v) is 12.8. The van der Waals surface area contributed by atoms with Crippen LogP contribution >= 0.6 is 11.8 Å². The fourth-order valence-electron chi connectivity index (χ4n) is 2.42. The summed E-state index contributed by atoms with van der Waals surface area (Å²) in [7, 11) is 0. The van der Waals surface area contributed by atoms with Gasteiger partial charge in [0.05, 0.1) is 11.3 Å². The molecule has 5 heteroatoms. The van der Waals surface area contributed by atoms with Crippen LogP contribution in [-0.2, 0) is 11.3 Å². The van der Waals surface area contributed by atoms with Crippen molar-refractivity contribution in [1.29, 1.82) is 0 Å². The molecule has 0 saturated heterocycles. The van der Waals surface area contributed by atoms with Gasteiger partial charge in [0.25, 0.3) is 0 Å². The van der Waals surface area contributed by atoms with Gasteiger partial charge in [-0.15, -0.1) is 0 Å². The summed E-state index contributed by atoms with van der Waals surface area (Å²) in [5, 5.41) is 4.72. The molecule has 1 heterocycles. The first-order valence-corrected chi connectivity index (χ1v) is 8.42. The molecule has 1 aliphatic carbocycles. The minimum absolute atomic E-state index is 0.386. The Balaban J connectivity index is 1.99. The predicted octanol–water partition coefficient (Wildman–Crippen LogP) is 3.61. The Kier molecular flexibility index (Phi) is 5.28. The van der Waals surface area contributed by atoms with E-state index in [-0.39, 0.29) is 5.54 Å². The van der Waals surface area contributed by atoms with Gasteiger partial charge in [-0.05, 0) is 19.3 Å². The molecule has 1 unspecified atom stereocenters.